The van der Waals surface area contributed by atoms with Crippen LogP contribution in [0.1, 0.15) is 25.5 Å². The Kier molecular flexibility index (Phi) is 5.50. The number of anilines is 1. The second kappa shape index (κ2) is 6.90. The Morgan fingerprint density at radius 2 is 2.39 bits per heavy atom. The van der Waals surface area contributed by atoms with E-state index in [1.807, 2.05) is 5.38 Å². The van der Waals surface area contributed by atoms with Crippen molar-refractivity contribution in [3.63, 3.8) is 0 Å². The molecule has 0 saturated heterocycles. The zero-order chi connectivity index (χ0) is 13.5. The van der Waals surface area contributed by atoms with E-state index < -0.39 is 5.03 Å². The first-order valence-electron chi connectivity index (χ1n) is 5.64. The molecule has 0 aromatic carbocycles. The van der Waals surface area contributed by atoms with Crippen LogP contribution >= 0.6 is 11.3 Å². The highest BCUT2D eigenvalue weighted by molar-refractivity contribution is 7.13. The van der Waals surface area contributed by atoms with Crippen molar-refractivity contribution >= 4 is 22.4 Å². The van der Waals surface area contributed by atoms with E-state index in [1.54, 1.807) is 14.1 Å². The van der Waals surface area contributed by atoms with E-state index in [0.717, 1.165) is 25.0 Å². The van der Waals surface area contributed by atoms with Crippen molar-refractivity contribution in [1.29, 1.82) is 0 Å². The number of unbranched alkanes of at least 4 members (excludes halogenated alkanes) is 1. The molecule has 0 atom stereocenters. The Labute approximate surface area is 110 Å². The number of nitrogens with one attached hydrogen (secondary N) is 1. The number of aryl methyl sites for hydroxylation is 1. The summed E-state index contributed by atoms with van der Waals surface area (Å²) in [6.45, 7) is 2.12. The molecule has 1 aromatic rings. The Morgan fingerprint density at radius 3 is 2.94 bits per heavy atom. The smallest absolute Gasteiger partial charge is 0.277 e. The van der Waals surface area contributed by atoms with Gasteiger partial charge in [-0.1, -0.05) is 13.3 Å². The molecule has 0 fully saturated rings. The molecule has 1 heterocycles. The van der Waals surface area contributed by atoms with Crippen LogP contribution in [0.15, 0.2) is 10.5 Å². The molecular formula is C10H17N5O2S. The number of guanidine groups is 1. The lowest BCUT2D eigenvalue weighted by molar-refractivity contribution is -0.485. The average Bonchev–Trinajstić information content (AvgIpc) is 2.72. The zero-order valence-electron chi connectivity index (χ0n) is 10.7. The monoisotopic (exact) mass is 271 g/mol. The first-order valence-corrected chi connectivity index (χ1v) is 6.52. The third-order valence-corrected chi connectivity index (χ3v) is 2.96. The molecule has 0 unspecified atom stereocenters. The average molecular weight is 271 g/mol. The number of nitrogens with zero attached hydrogens (tertiary/aromatic N) is 4. The van der Waals surface area contributed by atoms with Crippen molar-refractivity contribution < 1.29 is 5.03 Å². The van der Waals surface area contributed by atoms with E-state index in [9.17, 15) is 10.1 Å². The maximum Gasteiger partial charge on any atom is 0.277 e. The van der Waals surface area contributed by atoms with E-state index in [2.05, 4.69) is 22.3 Å². The summed E-state index contributed by atoms with van der Waals surface area (Å²) in [6.07, 6.45) is 3.14. The van der Waals surface area contributed by atoms with Gasteiger partial charge in [0.25, 0.3) is 5.96 Å². The summed E-state index contributed by atoms with van der Waals surface area (Å²) >= 11 is 1.42. The summed E-state index contributed by atoms with van der Waals surface area (Å²) in [6, 6.07) is 0. The lowest BCUT2D eigenvalue weighted by atomic mass is 10.2. The van der Waals surface area contributed by atoms with E-state index in [1.165, 1.54) is 16.2 Å². The van der Waals surface area contributed by atoms with Crippen molar-refractivity contribution in [3.8, 4) is 0 Å². The van der Waals surface area contributed by atoms with Crippen LogP contribution in [0.5, 0.6) is 0 Å². The van der Waals surface area contributed by atoms with Gasteiger partial charge in [-0.2, -0.15) is 0 Å². The molecule has 1 rings (SSSR count). The van der Waals surface area contributed by atoms with Crippen molar-refractivity contribution in [2.24, 2.45) is 5.10 Å². The molecule has 0 saturated carbocycles. The predicted molar refractivity (Wildman–Crippen MR) is 72.5 cm³/mol. The van der Waals surface area contributed by atoms with E-state index >= 15 is 0 Å². The highest BCUT2D eigenvalue weighted by Crippen LogP contribution is 2.17. The summed E-state index contributed by atoms with van der Waals surface area (Å²) in [7, 11) is 3.36. The molecular weight excluding hydrogens is 254 g/mol. The molecule has 0 radical (unpaired) electrons. The second-order valence-corrected chi connectivity index (χ2v) is 4.79. The van der Waals surface area contributed by atoms with Gasteiger partial charge in [-0.15, -0.1) is 11.3 Å². The van der Waals surface area contributed by atoms with Gasteiger partial charge in [-0.3, -0.25) is 5.32 Å². The normalized spacial score (nSPS) is 11.4. The fourth-order valence-corrected chi connectivity index (χ4v) is 1.97. The van der Waals surface area contributed by atoms with Crippen molar-refractivity contribution in [2.45, 2.75) is 26.2 Å². The molecule has 8 heteroatoms. The molecule has 0 aliphatic carbocycles. The van der Waals surface area contributed by atoms with Crippen molar-refractivity contribution in [1.82, 2.24) is 9.88 Å². The molecule has 1 aromatic heterocycles. The highest BCUT2D eigenvalue weighted by Gasteiger charge is 2.10. The second-order valence-electron chi connectivity index (χ2n) is 3.93. The van der Waals surface area contributed by atoms with Gasteiger partial charge in [-0.05, 0) is 12.8 Å². The predicted octanol–water partition coefficient (Wildman–Crippen LogP) is 2.01. The Balaban J connectivity index is 2.70. The van der Waals surface area contributed by atoms with E-state index in [4.69, 9.17) is 0 Å². The summed E-state index contributed by atoms with van der Waals surface area (Å²) in [5.74, 6) is 0.163. The molecule has 100 valence electrons. The van der Waals surface area contributed by atoms with Gasteiger partial charge in [0.15, 0.2) is 10.2 Å². The molecule has 0 bridgehead atoms. The SMILES string of the molecule is CCCCc1csc(N/C(=N/[N+](=O)[O-])N(C)C)n1. The summed E-state index contributed by atoms with van der Waals surface area (Å²) in [5, 5.41) is 18.3. The number of aromatic nitrogens is 1. The van der Waals surface area contributed by atoms with Crippen LogP contribution in [0.2, 0.25) is 0 Å². The standard InChI is InChI=1S/C10H17N5O2S/c1-4-5-6-8-7-18-10(11-8)12-9(14(2)3)13-15(16)17/h7H,4-6H2,1-3H3,(H,11,12,13). The minimum Gasteiger partial charge on any atom is -0.344 e. The van der Waals surface area contributed by atoms with E-state index in [0.29, 0.717) is 5.13 Å². The number of thiazole rings is 1. The van der Waals surface area contributed by atoms with Crippen LogP contribution in [-0.2, 0) is 6.42 Å². The van der Waals surface area contributed by atoms with Crippen LogP contribution in [0.25, 0.3) is 0 Å². The van der Waals surface area contributed by atoms with Gasteiger partial charge in [0, 0.05) is 19.5 Å². The molecule has 0 aliphatic rings. The highest BCUT2D eigenvalue weighted by atomic mass is 32.1. The molecule has 0 amide bonds. The van der Waals surface area contributed by atoms with Gasteiger partial charge in [0.05, 0.1) is 5.69 Å². The third-order valence-electron chi connectivity index (χ3n) is 2.16. The minimum atomic E-state index is -0.728. The maximum absolute atomic E-state index is 10.4. The first kappa shape index (κ1) is 14.4. The van der Waals surface area contributed by atoms with Crippen LogP contribution in [0, 0.1) is 10.1 Å². The van der Waals surface area contributed by atoms with Crippen LogP contribution in [-0.4, -0.2) is 35.0 Å². The maximum atomic E-state index is 10.4. The zero-order valence-corrected chi connectivity index (χ0v) is 11.5. The number of hydrogen-bond acceptors (Lipinski definition) is 4. The lowest BCUT2D eigenvalue weighted by Gasteiger charge is -2.11. The van der Waals surface area contributed by atoms with Crippen molar-refractivity contribution in [2.75, 3.05) is 19.4 Å². The number of hydrazone groups is 1. The van der Waals surface area contributed by atoms with Crippen LogP contribution in [0.3, 0.4) is 0 Å². The molecule has 18 heavy (non-hydrogen) atoms. The van der Waals surface area contributed by atoms with Gasteiger partial charge in [-0.25, -0.2) is 15.1 Å². The summed E-state index contributed by atoms with van der Waals surface area (Å²) in [5.41, 5.74) is 1.00. The topological polar surface area (TPSA) is 83.7 Å². The summed E-state index contributed by atoms with van der Waals surface area (Å²) < 4.78 is 0. The third kappa shape index (κ3) is 4.66. The molecule has 0 aliphatic heterocycles. The van der Waals surface area contributed by atoms with Crippen molar-refractivity contribution in [3.05, 3.63) is 21.2 Å². The largest absolute Gasteiger partial charge is 0.344 e. The molecule has 0 spiro atoms. The summed E-state index contributed by atoms with van der Waals surface area (Å²) in [4.78, 5) is 16.3. The number of hydrogen-bond donors (Lipinski definition) is 1. The van der Waals surface area contributed by atoms with Gasteiger partial charge in [0.2, 0.25) is 0 Å². The Morgan fingerprint density at radius 1 is 1.67 bits per heavy atom. The van der Waals surface area contributed by atoms with Gasteiger partial charge in [0.1, 0.15) is 5.10 Å². The quantitative estimate of drug-likeness (QED) is 0.383. The van der Waals surface area contributed by atoms with Crippen LogP contribution in [0.4, 0.5) is 5.13 Å². The number of rotatable bonds is 5. The fraction of sp³-hybridized carbons (Fsp3) is 0.600. The Hall–Kier alpha value is -1.70. The first-order chi connectivity index (χ1) is 8.52. The minimum absolute atomic E-state index is 0.163. The van der Waals surface area contributed by atoms with Gasteiger partial charge < -0.3 is 4.90 Å². The lowest BCUT2D eigenvalue weighted by Crippen LogP contribution is -2.30. The molecule has 7 nitrogen and oxygen atoms in total. The number of nitro groups is 1. The van der Waals surface area contributed by atoms with Gasteiger partial charge >= 0.3 is 0 Å². The van der Waals surface area contributed by atoms with E-state index in [-0.39, 0.29) is 5.96 Å². The molecule has 1 N–H and O–H groups in total. The Bertz CT molecular complexity index is 430. The fourth-order valence-electron chi connectivity index (χ4n) is 1.24. The van der Waals surface area contributed by atoms with Crippen LogP contribution < -0.4 is 5.32 Å².